The largest absolute Gasteiger partial charge is 0.481 e. The van der Waals surface area contributed by atoms with Gasteiger partial charge in [-0.1, -0.05) is 13.8 Å². The summed E-state index contributed by atoms with van der Waals surface area (Å²) in [5.41, 5.74) is 32.5. The smallest absolute Gasteiger partial charge is 0.326 e. The van der Waals surface area contributed by atoms with Gasteiger partial charge in [0, 0.05) is 13.1 Å². The monoisotopic (exact) mass is 830 g/mol. The van der Waals surface area contributed by atoms with Gasteiger partial charge in [0.2, 0.25) is 35.4 Å². The van der Waals surface area contributed by atoms with Crippen molar-refractivity contribution in [2.75, 3.05) is 32.8 Å². The van der Waals surface area contributed by atoms with E-state index in [2.05, 4.69) is 41.9 Å². The Morgan fingerprint density at radius 2 is 1.07 bits per heavy atom. The predicted molar refractivity (Wildman–Crippen MR) is 210 cm³/mol. The van der Waals surface area contributed by atoms with Gasteiger partial charge in [-0.2, -0.15) is 0 Å². The summed E-state index contributed by atoms with van der Waals surface area (Å²) in [6.45, 7) is 2.23. The van der Waals surface area contributed by atoms with Crippen LogP contribution in [0.1, 0.15) is 71.6 Å². The zero-order valence-corrected chi connectivity index (χ0v) is 32.9. The van der Waals surface area contributed by atoms with E-state index in [1.807, 2.05) is 0 Å². The minimum atomic E-state index is -1.65. The zero-order valence-electron chi connectivity index (χ0n) is 32.9. The average Bonchev–Trinajstić information content (AvgIpc) is 3.13. The average molecular weight is 831 g/mol. The topological polar surface area (TPSA) is 450 Å². The first-order chi connectivity index (χ1) is 27.2. The van der Waals surface area contributed by atoms with Gasteiger partial charge in [-0.3, -0.25) is 43.5 Å². The number of aliphatic imine (C=N–C) groups is 2. The van der Waals surface area contributed by atoms with E-state index in [1.165, 1.54) is 0 Å². The minimum absolute atomic E-state index is 0.0279. The molecule has 0 saturated carbocycles. The highest BCUT2D eigenvalue weighted by atomic mass is 16.4. The Balaban J connectivity index is 5.90. The number of amides is 6. The Kier molecular flexibility index (Phi) is 25.7. The van der Waals surface area contributed by atoms with Crippen LogP contribution in [-0.4, -0.2) is 144 Å². The Morgan fingerprint density at radius 3 is 1.53 bits per heavy atom. The van der Waals surface area contributed by atoms with E-state index in [9.17, 15) is 48.6 Å². The number of aliphatic carboxylic acids is 2. The molecular weight excluding hydrogens is 768 g/mol. The zero-order chi connectivity index (χ0) is 44.4. The van der Waals surface area contributed by atoms with Gasteiger partial charge in [0.05, 0.1) is 25.6 Å². The number of carbonyl (C=O) groups excluding carboxylic acids is 6. The molecule has 25 heteroatoms. The van der Waals surface area contributed by atoms with Crippen molar-refractivity contribution in [3.8, 4) is 0 Å². The molecule has 0 spiro atoms. The van der Waals surface area contributed by atoms with Crippen LogP contribution in [0.15, 0.2) is 9.98 Å². The van der Waals surface area contributed by atoms with Crippen LogP contribution in [0.4, 0.5) is 0 Å². The fourth-order valence-corrected chi connectivity index (χ4v) is 5.10. The maximum Gasteiger partial charge on any atom is 0.326 e. The number of hydrogen-bond acceptors (Lipinski definition) is 13. The summed E-state index contributed by atoms with van der Waals surface area (Å²) >= 11 is 0. The number of carboxylic acid groups (broad SMARTS) is 2. The summed E-state index contributed by atoms with van der Waals surface area (Å²) in [4.78, 5) is 109. The molecule has 25 nitrogen and oxygen atoms in total. The Hall–Kier alpha value is -5.82. The molecule has 0 unspecified atom stereocenters. The molecule has 0 aliphatic rings. The fraction of sp³-hybridized carbons (Fsp3) is 0.697. The van der Waals surface area contributed by atoms with Crippen LogP contribution in [-0.2, 0) is 38.4 Å². The summed E-state index contributed by atoms with van der Waals surface area (Å²) in [6, 6.07) is -8.30. The van der Waals surface area contributed by atoms with Crippen molar-refractivity contribution in [3.05, 3.63) is 0 Å². The van der Waals surface area contributed by atoms with Crippen LogP contribution in [0.3, 0.4) is 0 Å². The third-order valence-electron chi connectivity index (χ3n) is 8.05. The standard InChI is InChI=1S/C33H62N14O11/c1-17(2)13-22(46-26(52)18(35)14-25(50)51)30(56)44-20(9-6-12-41-33(38)39)29(55)47-23(16-48)27(53)42-15-24(49)43-19(8-5-11-40-32(36)37)28(54)45-21(31(57)58)7-3-4-10-34/h17-23,48H,3-16,34-35H2,1-2H3,(H,42,53)(H,43,49)(H,44,56)(H,45,54)(H,46,52)(H,47,55)(H,50,51)(H,57,58)(H4,36,37,40)(H4,38,39,41)/t18-,19-,20-,21-,22-,23-/m0/s1. The summed E-state index contributed by atoms with van der Waals surface area (Å²) in [5.74, 6) is -8.69. The van der Waals surface area contributed by atoms with Crippen molar-refractivity contribution in [1.29, 1.82) is 0 Å². The van der Waals surface area contributed by atoms with Gasteiger partial charge >= 0.3 is 11.9 Å². The van der Waals surface area contributed by atoms with E-state index in [0.29, 0.717) is 19.4 Å². The highest BCUT2D eigenvalue weighted by Crippen LogP contribution is 2.09. The second kappa shape index (κ2) is 28.6. The Bertz CT molecular complexity index is 1440. The lowest BCUT2D eigenvalue weighted by Crippen LogP contribution is -2.59. The number of nitrogens with one attached hydrogen (secondary N) is 6. The molecular formula is C33H62N14O11. The molecule has 58 heavy (non-hydrogen) atoms. The van der Waals surface area contributed by atoms with Crippen molar-refractivity contribution < 1.29 is 53.7 Å². The number of hydrogen-bond donors (Lipinski definition) is 15. The number of carbonyl (C=O) groups is 8. The first-order valence-electron chi connectivity index (χ1n) is 18.6. The number of unbranched alkanes of at least 4 members (excludes halogenated alkanes) is 1. The second-order valence-corrected chi connectivity index (χ2v) is 13.6. The number of carboxylic acids is 2. The summed E-state index contributed by atoms with van der Waals surface area (Å²) < 4.78 is 0. The first kappa shape index (κ1) is 52.2. The molecule has 0 bridgehead atoms. The van der Waals surface area contributed by atoms with Crippen LogP contribution in [0.25, 0.3) is 0 Å². The summed E-state index contributed by atoms with van der Waals surface area (Å²) in [6.07, 6.45) is 0.583. The maximum atomic E-state index is 13.5. The fourth-order valence-electron chi connectivity index (χ4n) is 5.10. The first-order valence-corrected chi connectivity index (χ1v) is 18.6. The van der Waals surface area contributed by atoms with Crippen LogP contribution >= 0.6 is 0 Å². The Morgan fingerprint density at radius 1 is 0.603 bits per heavy atom. The highest BCUT2D eigenvalue weighted by molar-refractivity contribution is 5.96. The SMILES string of the molecule is CC(C)C[C@H](NC(=O)[C@@H](N)CC(=O)O)C(=O)N[C@@H](CCCN=C(N)N)C(=O)N[C@@H](CO)C(=O)NCC(=O)N[C@@H](CCCN=C(N)N)C(=O)N[C@@H](CCCCN)C(=O)O. The Labute approximate surface area is 335 Å². The molecule has 0 rings (SSSR count). The van der Waals surface area contributed by atoms with E-state index in [1.54, 1.807) is 13.8 Å². The van der Waals surface area contributed by atoms with Crippen LogP contribution in [0.2, 0.25) is 0 Å². The summed E-state index contributed by atoms with van der Waals surface area (Å²) in [5, 5.41) is 42.8. The quantitative estimate of drug-likeness (QED) is 0.0182. The second-order valence-electron chi connectivity index (χ2n) is 13.6. The van der Waals surface area contributed by atoms with Gasteiger partial charge < -0.3 is 81.6 Å². The molecule has 6 amide bonds. The number of aliphatic hydroxyl groups is 1. The van der Waals surface area contributed by atoms with Gasteiger partial charge in [0.1, 0.15) is 30.2 Å². The molecule has 0 aromatic carbocycles. The molecule has 0 saturated heterocycles. The van der Waals surface area contributed by atoms with Crippen molar-refractivity contribution in [2.45, 2.75) is 108 Å². The van der Waals surface area contributed by atoms with Gasteiger partial charge in [0.15, 0.2) is 11.9 Å². The van der Waals surface area contributed by atoms with Gasteiger partial charge in [-0.15, -0.1) is 0 Å². The molecule has 0 aromatic heterocycles. The van der Waals surface area contributed by atoms with E-state index in [0.717, 1.165) is 0 Å². The van der Waals surface area contributed by atoms with Crippen molar-refractivity contribution in [1.82, 2.24) is 31.9 Å². The molecule has 0 heterocycles. The minimum Gasteiger partial charge on any atom is -0.481 e. The van der Waals surface area contributed by atoms with Crippen LogP contribution in [0.5, 0.6) is 0 Å². The van der Waals surface area contributed by atoms with Crippen molar-refractivity contribution >= 4 is 59.3 Å². The lowest BCUT2D eigenvalue weighted by atomic mass is 10.0. The maximum absolute atomic E-state index is 13.5. The molecule has 330 valence electrons. The van der Waals surface area contributed by atoms with E-state index in [-0.39, 0.29) is 69.5 Å². The highest BCUT2D eigenvalue weighted by Gasteiger charge is 2.32. The molecule has 0 fully saturated rings. The number of nitrogens with two attached hydrogens (primary N) is 6. The lowest BCUT2D eigenvalue weighted by molar-refractivity contribution is -0.142. The molecule has 0 radical (unpaired) electrons. The number of aliphatic hydroxyl groups excluding tert-OH is 1. The number of rotatable bonds is 30. The lowest BCUT2D eigenvalue weighted by Gasteiger charge is -2.26. The predicted octanol–water partition coefficient (Wildman–Crippen LogP) is -6.31. The summed E-state index contributed by atoms with van der Waals surface area (Å²) in [7, 11) is 0. The van der Waals surface area contributed by atoms with Crippen molar-refractivity contribution in [3.63, 3.8) is 0 Å². The van der Waals surface area contributed by atoms with Gasteiger partial charge in [-0.05, 0) is 63.8 Å². The van der Waals surface area contributed by atoms with Crippen LogP contribution < -0.4 is 66.3 Å². The van der Waals surface area contributed by atoms with E-state index in [4.69, 9.17) is 39.5 Å². The third-order valence-corrected chi connectivity index (χ3v) is 8.05. The van der Waals surface area contributed by atoms with Crippen LogP contribution in [0, 0.1) is 5.92 Å². The molecule has 21 N–H and O–H groups in total. The number of guanidine groups is 2. The number of nitrogens with zero attached hydrogens (tertiary/aromatic N) is 2. The van der Waals surface area contributed by atoms with Gasteiger partial charge in [-0.25, -0.2) is 4.79 Å². The van der Waals surface area contributed by atoms with Crippen molar-refractivity contribution in [2.24, 2.45) is 50.3 Å². The molecule has 6 atom stereocenters. The third kappa shape index (κ3) is 23.3. The normalized spacial score (nSPS) is 13.9. The molecule has 0 aliphatic carbocycles. The molecule has 0 aromatic rings. The van der Waals surface area contributed by atoms with Gasteiger partial charge in [0.25, 0.3) is 0 Å². The van der Waals surface area contributed by atoms with E-state index < -0.39 is 103 Å². The molecule has 0 aliphatic heterocycles. The van der Waals surface area contributed by atoms with E-state index >= 15 is 0 Å².